The molecule has 1 fully saturated rings. The molecule has 23 heavy (non-hydrogen) atoms. The van der Waals surface area contributed by atoms with Crippen LogP contribution in [0.25, 0.3) is 0 Å². The molecule has 3 rings (SSSR count). The van der Waals surface area contributed by atoms with E-state index in [0.29, 0.717) is 6.04 Å². The molecule has 0 bridgehead atoms. The number of methoxy groups -OCH3 is 1. The molecule has 0 radical (unpaired) electrons. The van der Waals surface area contributed by atoms with Crippen LogP contribution in [-0.2, 0) is 0 Å². The third kappa shape index (κ3) is 3.94. The Morgan fingerprint density at radius 1 is 1.17 bits per heavy atom. The summed E-state index contributed by atoms with van der Waals surface area (Å²) in [5, 5.41) is 0. The molecule has 4 nitrogen and oxygen atoms in total. The van der Waals surface area contributed by atoms with Crippen LogP contribution < -0.4 is 4.74 Å². The van der Waals surface area contributed by atoms with Gasteiger partial charge in [-0.3, -0.25) is 9.69 Å². The first-order chi connectivity index (χ1) is 11.3. The number of hydrogen-bond acceptors (Lipinski definition) is 3. The van der Waals surface area contributed by atoms with Gasteiger partial charge in [0.25, 0.3) is 5.91 Å². The van der Waals surface area contributed by atoms with Crippen LogP contribution in [0.5, 0.6) is 5.75 Å². The van der Waals surface area contributed by atoms with E-state index < -0.39 is 0 Å². The molecule has 1 aliphatic heterocycles. The Hall–Kier alpha value is -1.81. The predicted octanol–water partition coefficient (Wildman–Crippen LogP) is 2.95. The number of ether oxygens (including phenoxy) is 1. The molecule has 1 amide bonds. The Bertz CT molecular complexity index is 570. The lowest BCUT2D eigenvalue weighted by Crippen LogP contribution is -2.39. The molecule has 0 saturated carbocycles. The Morgan fingerprint density at radius 2 is 2.09 bits per heavy atom. The molecular weight excluding hydrogens is 288 g/mol. The standard InChI is InChI=1S/C19H26N2O2/c1-23-18-10-5-7-16(15-18)19(22)21-12-6-11-20(13-14-21)17-8-3-2-4-9-17/h3,5,7-8,10,15,17H,2,4,6,9,11-14H2,1H3/t17-/m0/s1. The van der Waals surface area contributed by atoms with Crippen LogP contribution in [0, 0.1) is 0 Å². The minimum Gasteiger partial charge on any atom is -0.497 e. The van der Waals surface area contributed by atoms with E-state index in [0.717, 1.165) is 43.9 Å². The van der Waals surface area contributed by atoms with Gasteiger partial charge in [0.2, 0.25) is 0 Å². The number of allylic oxidation sites excluding steroid dienone is 1. The highest BCUT2D eigenvalue weighted by Gasteiger charge is 2.24. The molecule has 0 aromatic heterocycles. The van der Waals surface area contributed by atoms with Gasteiger partial charge < -0.3 is 9.64 Å². The van der Waals surface area contributed by atoms with E-state index in [1.54, 1.807) is 7.11 Å². The second kappa shape index (κ2) is 7.64. The molecule has 2 aliphatic rings. The predicted molar refractivity (Wildman–Crippen MR) is 91.9 cm³/mol. The molecule has 1 aromatic rings. The second-order valence-corrected chi connectivity index (χ2v) is 6.34. The maximum Gasteiger partial charge on any atom is 0.254 e. The van der Waals surface area contributed by atoms with Crippen LogP contribution in [0.2, 0.25) is 0 Å². The van der Waals surface area contributed by atoms with Gasteiger partial charge in [-0.15, -0.1) is 0 Å². The summed E-state index contributed by atoms with van der Waals surface area (Å²) < 4.78 is 5.23. The largest absolute Gasteiger partial charge is 0.497 e. The second-order valence-electron chi connectivity index (χ2n) is 6.34. The SMILES string of the molecule is COc1cccc(C(=O)N2CCCN([C@H]3C=CCCC3)CC2)c1. The van der Waals surface area contributed by atoms with Crippen LogP contribution in [0.15, 0.2) is 36.4 Å². The number of benzene rings is 1. The van der Waals surface area contributed by atoms with E-state index in [1.165, 1.54) is 19.3 Å². The fourth-order valence-corrected chi connectivity index (χ4v) is 3.51. The molecule has 0 spiro atoms. The van der Waals surface area contributed by atoms with E-state index in [4.69, 9.17) is 4.74 Å². The highest BCUT2D eigenvalue weighted by molar-refractivity contribution is 5.94. The number of carbonyl (C=O) groups excluding carboxylic acids is 1. The Labute approximate surface area is 138 Å². The lowest BCUT2D eigenvalue weighted by Gasteiger charge is -2.30. The molecule has 124 valence electrons. The number of rotatable bonds is 3. The first kappa shape index (κ1) is 16.1. The Kier molecular flexibility index (Phi) is 5.34. The summed E-state index contributed by atoms with van der Waals surface area (Å²) in [6.45, 7) is 3.69. The summed E-state index contributed by atoms with van der Waals surface area (Å²) in [6.07, 6.45) is 9.44. The molecule has 4 heteroatoms. The van der Waals surface area contributed by atoms with Gasteiger partial charge in [0, 0.05) is 37.8 Å². The fraction of sp³-hybridized carbons (Fsp3) is 0.526. The summed E-state index contributed by atoms with van der Waals surface area (Å²) in [7, 11) is 1.63. The zero-order valence-corrected chi connectivity index (χ0v) is 13.9. The van der Waals surface area contributed by atoms with Gasteiger partial charge in [0.05, 0.1) is 7.11 Å². The first-order valence-corrected chi connectivity index (χ1v) is 8.62. The molecule has 0 N–H and O–H groups in total. The number of nitrogens with zero attached hydrogens (tertiary/aromatic N) is 2. The number of carbonyl (C=O) groups is 1. The summed E-state index contributed by atoms with van der Waals surface area (Å²) in [5.41, 5.74) is 0.718. The Morgan fingerprint density at radius 3 is 2.87 bits per heavy atom. The van der Waals surface area contributed by atoms with Gasteiger partial charge >= 0.3 is 0 Å². The number of amides is 1. The topological polar surface area (TPSA) is 32.8 Å². The van der Waals surface area contributed by atoms with Crippen molar-refractivity contribution in [2.75, 3.05) is 33.3 Å². The van der Waals surface area contributed by atoms with Gasteiger partial charge in [0.15, 0.2) is 0 Å². The van der Waals surface area contributed by atoms with Gasteiger partial charge in [-0.05, 0) is 43.9 Å². The molecular formula is C19H26N2O2. The van der Waals surface area contributed by atoms with Gasteiger partial charge in [-0.25, -0.2) is 0 Å². The van der Waals surface area contributed by atoms with Crippen LogP contribution in [-0.4, -0.2) is 55.0 Å². The zero-order chi connectivity index (χ0) is 16.1. The summed E-state index contributed by atoms with van der Waals surface area (Å²) in [4.78, 5) is 17.3. The van der Waals surface area contributed by atoms with Crippen molar-refractivity contribution in [1.29, 1.82) is 0 Å². The third-order valence-electron chi connectivity index (χ3n) is 4.83. The quantitative estimate of drug-likeness (QED) is 0.804. The summed E-state index contributed by atoms with van der Waals surface area (Å²) >= 11 is 0. The molecule has 1 heterocycles. The molecule has 1 saturated heterocycles. The summed E-state index contributed by atoms with van der Waals surface area (Å²) in [5.74, 6) is 0.851. The monoisotopic (exact) mass is 314 g/mol. The van der Waals surface area contributed by atoms with Crippen molar-refractivity contribution in [3.63, 3.8) is 0 Å². The normalized spacial score (nSPS) is 22.7. The third-order valence-corrected chi connectivity index (χ3v) is 4.83. The smallest absolute Gasteiger partial charge is 0.254 e. The number of hydrogen-bond donors (Lipinski definition) is 0. The highest BCUT2D eigenvalue weighted by Crippen LogP contribution is 2.20. The van der Waals surface area contributed by atoms with Crippen molar-refractivity contribution in [1.82, 2.24) is 9.80 Å². The molecule has 1 aliphatic carbocycles. The average molecular weight is 314 g/mol. The van der Waals surface area contributed by atoms with Gasteiger partial charge in [-0.2, -0.15) is 0 Å². The minimum atomic E-state index is 0.116. The van der Waals surface area contributed by atoms with Crippen LogP contribution in [0.4, 0.5) is 0 Å². The van der Waals surface area contributed by atoms with E-state index in [-0.39, 0.29) is 5.91 Å². The van der Waals surface area contributed by atoms with Crippen molar-refractivity contribution in [3.8, 4) is 5.75 Å². The molecule has 1 aromatic carbocycles. The zero-order valence-electron chi connectivity index (χ0n) is 13.9. The van der Waals surface area contributed by atoms with Gasteiger partial charge in [0.1, 0.15) is 5.75 Å². The van der Waals surface area contributed by atoms with Crippen LogP contribution in [0.1, 0.15) is 36.0 Å². The maximum atomic E-state index is 12.7. The van der Waals surface area contributed by atoms with Crippen molar-refractivity contribution >= 4 is 5.91 Å². The Balaban J connectivity index is 1.63. The van der Waals surface area contributed by atoms with E-state index >= 15 is 0 Å². The highest BCUT2D eigenvalue weighted by atomic mass is 16.5. The molecule has 1 atom stereocenters. The van der Waals surface area contributed by atoms with Crippen molar-refractivity contribution in [3.05, 3.63) is 42.0 Å². The lowest BCUT2D eigenvalue weighted by atomic mass is 10.0. The van der Waals surface area contributed by atoms with E-state index in [1.807, 2.05) is 29.2 Å². The van der Waals surface area contributed by atoms with E-state index in [2.05, 4.69) is 17.1 Å². The van der Waals surface area contributed by atoms with Crippen LogP contribution in [0.3, 0.4) is 0 Å². The van der Waals surface area contributed by atoms with E-state index in [9.17, 15) is 4.79 Å². The fourth-order valence-electron chi connectivity index (χ4n) is 3.51. The van der Waals surface area contributed by atoms with Crippen molar-refractivity contribution in [2.24, 2.45) is 0 Å². The molecule has 0 unspecified atom stereocenters. The average Bonchev–Trinajstić information content (AvgIpc) is 2.88. The lowest BCUT2D eigenvalue weighted by molar-refractivity contribution is 0.0759. The van der Waals surface area contributed by atoms with Crippen molar-refractivity contribution < 1.29 is 9.53 Å². The van der Waals surface area contributed by atoms with Gasteiger partial charge in [-0.1, -0.05) is 18.2 Å². The summed E-state index contributed by atoms with van der Waals surface area (Å²) in [6, 6.07) is 8.02. The first-order valence-electron chi connectivity index (χ1n) is 8.62. The maximum absolute atomic E-state index is 12.7. The minimum absolute atomic E-state index is 0.116. The van der Waals surface area contributed by atoms with Crippen molar-refractivity contribution in [2.45, 2.75) is 31.7 Å². The van der Waals surface area contributed by atoms with Crippen LogP contribution >= 0.6 is 0 Å².